The standard InChI is InChI=1S/C55H86N18O13/c1-7-14-38(53(85)86)68-51(83)42(28(3)8-2)71-47(79)37(20-13-22-63-55(59)60)67-41(76)26-64-50(82)43(30(5)74)73-52(84)44(31(6)75)72-49(81)40(24-34-25-61-27-65-34)70-48(80)39(23-33-17-11-16-32-15-9-10-18-35(32)33)69-45(77)29(4)66-46(78)36(56)19-12-21-62-54(57)58/h9-11,15-18,25,27-31,36-40,42-44,74-75H,7-8,12-14,19-24,26,56H2,1-6H3,(H,61,65)(H,64,82)(H,66,78)(H,67,76)(H,68,83)(H,69,77)(H,70,80)(H,71,79)(H,72,81)(H,73,84)(H,85,86)(H4,57,58,62)(H4,59,60,63)/t28?,29-,30+,31+,36-,37+,38-,39-,40-,42-,43-,44-/m0/s1. The van der Waals surface area contributed by atoms with E-state index in [1.807, 2.05) is 24.3 Å². The van der Waals surface area contributed by atoms with Gasteiger partial charge in [-0.05, 0) is 75.1 Å². The predicted octanol–water partition coefficient (Wildman–Crippen LogP) is -4.51. The third kappa shape index (κ3) is 24.0. The van der Waals surface area contributed by atoms with E-state index in [0.717, 1.165) is 24.6 Å². The number of carbonyl (C=O) groups is 10. The van der Waals surface area contributed by atoms with Gasteiger partial charge in [0.1, 0.15) is 48.3 Å². The number of fused-ring (bicyclic) bond motifs is 1. The van der Waals surface area contributed by atoms with Gasteiger partial charge >= 0.3 is 5.97 Å². The SMILES string of the molecule is CCC[C@H](NC(=O)[C@@H](NC(=O)[C@@H](CCCN=C(N)N)NC(=O)CNC(=O)[C@@H](NC(=O)[C@@H](NC(=O)[C@H](Cc1cnc[nH]1)NC(=O)[C@H](Cc1cccc2ccccc12)NC(=O)[C@H](C)NC(=O)[C@@H](N)CCCN=C(N)N)[C@@H](C)O)[C@@H](C)O)C(C)CC)C(=O)O. The highest BCUT2D eigenvalue weighted by molar-refractivity contribution is 5.99. The average molecular weight is 1210 g/mol. The van der Waals surface area contributed by atoms with Crippen LogP contribution >= 0.6 is 0 Å². The minimum atomic E-state index is -1.87. The molecule has 1 aromatic heterocycles. The first-order valence-corrected chi connectivity index (χ1v) is 28.3. The summed E-state index contributed by atoms with van der Waals surface area (Å²) in [6.45, 7) is 8.25. The molecule has 31 nitrogen and oxygen atoms in total. The molecule has 0 saturated carbocycles. The van der Waals surface area contributed by atoms with Crippen LogP contribution in [0.4, 0.5) is 0 Å². The van der Waals surface area contributed by atoms with Crippen LogP contribution in [0.1, 0.15) is 97.7 Å². The topological polar surface area (TPSA) is 523 Å². The van der Waals surface area contributed by atoms with E-state index in [2.05, 4.69) is 67.8 Å². The van der Waals surface area contributed by atoms with E-state index in [-0.39, 0.29) is 63.5 Å². The molecule has 3 aromatic rings. The number of aliphatic carboxylic acids is 1. The molecule has 2 aromatic carbocycles. The predicted molar refractivity (Wildman–Crippen MR) is 317 cm³/mol. The highest BCUT2D eigenvalue weighted by Gasteiger charge is 2.37. The fourth-order valence-corrected chi connectivity index (χ4v) is 8.70. The minimum Gasteiger partial charge on any atom is -0.480 e. The van der Waals surface area contributed by atoms with Gasteiger partial charge in [-0.1, -0.05) is 76.1 Å². The van der Waals surface area contributed by atoms with Gasteiger partial charge in [-0.2, -0.15) is 0 Å². The van der Waals surface area contributed by atoms with Crippen LogP contribution in [0.5, 0.6) is 0 Å². The molecule has 0 bridgehead atoms. The molecule has 23 N–H and O–H groups in total. The van der Waals surface area contributed by atoms with Gasteiger partial charge in [-0.15, -0.1) is 0 Å². The number of imidazole rings is 1. The summed E-state index contributed by atoms with van der Waals surface area (Å²) in [7, 11) is 0. The van der Waals surface area contributed by atoms with Crippen LogP contribution in [0.15, 0.2) is 65.0 Å². The van der Waals surface area contributed by atoms with Gasteiger partial charge in [0.25, 0.3) is 0 Å². The number of carboxylic acid groups (broad SMARTS) is 1. The average Bonchev–Trinajstić information content (AvgIpc) is 3.03. The van der Waals surface area contributed by atoms with E-state index in [0.29, 0.717) is 30.5 Å². The minimum absolute atomic E-state index is 0.0346. The number of aromatic nitrogens is 2. The van der Waals surface area contributed by atoms with Crippen molar-refractivity contribution >= 4 is 81.8 Å². The number of amides is 9. The summed E-state index contributed by atoms with van der Waals surface area (Å²) < 4.78 is 0. The van der Waals surface area contributed by atoms with Crippen molar-refractivity contribution in [1.29, 1.82) is 0 Å². The molecule has 0 spiro atoms. The van der Waals surface area contributed by atoms with E-state index >= 15 is 0 Å². The number of guanidine groups is 2. The number of nitrogens with one attached hydrogen (secondary N) is 10. The largest absolute Gasteiger partial charge is 0.480 e. The number of carbonyl (C=O) groups excluding carboxylic acids is 9. The third-order valence-electron chi connectivity index (χ3n) is 13.7. The summed E-state index contributed by atoms with van der Waals surface area (Å²) in [4.78, 5) is 150. The van der Waals surface area contributed by atoms with Crippen LogP contribution in [-0.2, 0) is 60.8 Å². The summed E-state index contributed by atoms with van der Waals surface area (Å²) >= 11 is 0. The number of hydrogen-bond acceptors (Lipinski definition) is 16. The maximum Gasteiger partial charge on any atom is 0.326 e. The molecule has 0 fully saturated rings. The second-order valence-corrected chi connectivity index (χ2v) is 20.8. The fourth-order valence-electron chi connectivity index (χ4n) is 8.70. The van der Waals surface area contributed by atoms with Gasteiger partial charge in [0.05, 0.1) is 31.1 Å². The van der Waals surface area contributed by atoms with Gasteiger partial charge in [0.15, 0.2) is 11.9 Å². The van der Waals surface area contributed by atoms with Crippen LogP contribution in [-0.4, -0.2) is 183 Å². The van der Waals surface area contributed by atoms with Crippen molar-refractivity contribution in [2.75, 3.05) is 19.6 Å². The summed E-state index contributed by atoms with van der Waals surface area (Å²) in [5.41, 5.74) is 28.7. The van der Waals surface area contributed by atoms with E-state index in [4.69, 9.17) is 28.7 Å². The Kier molecular flexibility index (Phi) is 29.8. The summed E-state index contributed by atoms with van der Waals surface area (Å²) in [5.74, 6) is -10.4. The van der Waals surface area contributed by atoms with Gasteiger partial charge in [0.2, 0.25) is 53.2 Å². The fraction of sp³-hybridized carbons (Fsp3) is 0.545. The lowest BCUT2D eigenvalue weighted by Gasteiger charge is -2.28. The van der Waals surface area contributed by atoms with E-state index in [1.165, 1.54) is 19.4 Å². The van der Waals surface area contributed by atoms with Gasteiger partial charge in [-0.25, -0.2) is 9.78 Å². The van der Waals surface area contributed by atoms with Crippen molar-refractivity contribution < 1.29 is 63.3 Å². The zero-order valence-corrected chi connectivity index (χ0v) is 49.3. The molecule has 1 heterocycles. The number of nitrogens with two attached hydrogens (primary N) is 5. The molecule has 31 heteroatoms. The Morgan fingerprint density at radius 1 is 0.581 bits per heavy atom. The van der Waals surface area contributed by atoms with Crippen molar-refractivity contribution in [2.45, 2.75) is 166 Å². The molecular weight excluding hydrogens is 1120 g/mol. The third-order valence-corrected chi connectivity index (χ3v) is 13.7. The maximum absolute atomic E-state index is 14.6. The number of H-pyrrole nitrogens is 1. The van der Waals surface area contributed by atoms with Crippen molar-refractivity contribution in [1.82, 2.24) is 57.8 Å². The van der Waals surface area contributed by atoms with Crippen LogP contribution in [0, 0.1) is 5.92 Å². The zero-order valence-electron chi connectivity index (χ0n) is 49.3. The molecule has 12 atom stereocenters. The summed E-state index contributed by atoms with van der Waals surface area (Å²) in [6, 6.07) is -0.0689. The molecule has 0 aliphatic heterocycles. The number of benzene rings is 2. The highest BCUT2D eigenvalue weighted by atomic mass is 16.4. The molecule has 3 rings (SSSR count). The molecule has 0 aliphatic carbocycles. The summed E-state index contributed by atoms with van der Waals surface area (Å²) in [6.07, 6.45) is 0.464. The lowest BCUT2D eigenvalue weighted by molar-refractivity contribution is -0.143. The Hall–Kier alpha value is -8.97. The number of aliphatic hydroxyl groups is 2. The number of aliphatic hydroxyl groups excluding tert-OH is 2. The Bertz CT molecular complexity index is 2820. The van der Waals surface area contributed by atoms with Crippen LogP contribution < -0.4 is 76.5 Å². The molecule has 474 valence electrons. The van der Waals surface area contributed by atoms with Crippen molar-refractivity contribution in [2.24, 2.45) is 44.6 Å². The highest BCUT2D eigenvalue weighted by Crippen LogP contribution is 2.21. The van der Waals surface area contributed by atoms with Crippen molar-refractivity contribution in [3.63, 3.8) is 0 Å². The normalized spacial score (nSPS) is 15.3. The second kappa shape index (κ2) is 36.0. The Balaban J connectivity index is 1.84. The Morgan fingerprint density at radius 3 is 1.71 bits per heavy atom. The Labute approximate surface area is 497 Å². The lowest BCUT2D eigenvalue weighted by Crippen LogP contribution is -2.63. The molecule has 9 amide bonds. The number of carboxylic acids is 1. The zero-order chi connectivity index (χ0) is 64.2. The van der Waals surface area contributed by atoms with Crippen LogP contribution in [0.25, 0.3) is 10.8 Å². The second-order valence-electron chi connectivity index (χ2n) is 20.8. The van der Waals surface area contributed by atoms with E-state index in [9.17, 15) is 63.3 Å². The molecule has 1 unspecified atom stereocenters. The number of nitrogens with zero attached hydrogens (tertiary/aromatic N) is 3. The number of aromatic amines is 1. The molecular formula is C55H86N18O13. The first kappa shape index (κ1) is 71.3. The molecule has 0 saturated heterocycles. The number of aliphatic imine (C=N–C) groups is 2. The van der Waals surface area contributed by atoms with Crippen molar-refractivity contribution in [3.8, 4) is 0 Å². The van der Waals surface area contributed by atoms with E-state index < -0.39 is 138 Å². The van der Waals surface area contributed by atoms with Crippen molar-refractivity contribution in [3.05, 3.63) is 66.2 Å². The van der Waals surface area contributed by atoms with E-state index in [1.54, 1.807) is 39.0 Å². The molecule has 0 aliphatic rings. The number of rotatable bonds is 37. The smallest absolute Gasteiger partial charge is 0.326 e. The summed E-state index contributed by atoms with van der Waals surface area (Å²) in [5, 5.41) is 55.3. The van der Waals surface area contributed by atoms with Crippen LogP contribution in [0.2, 0.25) is 0 Å². The Morgan fingerprint density at radius 2 is 1.12 bits per heavy atom. The maximum atomic E-state index is 14.6. The van der Waals surface area contributed by atoms with Gasteiger partial charge in [0, 0.05) is 37.8 Å². The van der Waals surface area contributed by atoms with Gasteiger partial charge in [-0.3, -0.25) is 53.1 Å². The quantitative estimate of drug-likeness (QED) is 0.0147. The monoisotopic (exact) mass is 1210 g/mol. The first-order chi connectivity index (χ1) is 40.7. The lowest BCUT2D eigenvalue weighted by atomic mass is 9.97. The first-order valence-electron chi connectivity index (χ1n) is 28.3. The molecule has 86 heavy (non-hydrogen) atoms. The van der Waals surface area contributed by atoms with Gasteiger partial charge < -0.3 is 96.8 Å². The number of hydrogen-bond donors (Lipinski definition) is 18. The molecule has 0 radical (unpaired) electrons. The van der Waals surface area contributed by atoms with Crippen LogP contribution in [0.3, 0.4) is 0 Å².